The van der Waals surface area contributed by atoms with Gasteiger partial charge in [0.1, 0.15) is 0 Å². The van der Waals surface area contributed by atoms with Gasteiger partial charge in [0.25, 0.3) is 0 Å². The van der Waals surface area contributed by atoms with Gasteiger partial charge in [0.2, 0.25) is 5.91 Å². The first-order chi connectivity index (χ1) is 13.0. The lowest BCUT2D eigenvalue weighted by atomic mass is 10.1. The highest BCUT2D eigenvalue weighted by Gasteiger charge is 2.18. The second-order valence-electron chi connectivity index (χ2n) is 5.99. The van der Waals surface area contributed by atoms with Gasteiger partial charge in [-0.2, -0.15) is 0 Å². The molecule has 1 aromatic heterocycles. The summed E-state index contributed by atoms with van der Waals surface area (Å²) in [5.74, 6) is -0.636. The fraction of sp³-hybridized carbons (Fsp3) is 0.200. The molecule has 0 aliphatic rings. The first kappa shape index (κ1) is 18.3. The molecule has 7 heteroatoms. The lowest BCUT2D eigenvalue weighted by Crippen LogP contribution is -2.27. The highest BCUT2D eigenvalue weighted by Crippen LogP contribution is 2.30. The number of ether oxygens (including phenoxy) is 2. The fourth-order valence-electron chi connectivity index (χ4n) is 3.19. The van der Waals surface area contributed by atoms with Gasteiger partial charge < -0.3 is 29.3 Å². The van der Waals surface area contributed by atoms with E-state index in [1.165, 1.54) is 18.8 Å². The number of aryl methyl sites for hydroxylation is 1. The molecule has 0 saturated carbocycles. The van der Waals surface area contributed by atoms with Gasteiger partial charge in [-0.25, -0.2) is 0 Å². The van der Waals surface area contributed by atoms with Gasteiger partial charge in [-0.15, -0.1) is 0 Å². The van der Waals surface area contributed by atoms with Crippen molar-refractivity contribution in [3.8, 4) is 11.5 Å². The van der Waals surface area contributed by atoms with E-state index in [0.29, 0.717) is 28.1 Å². The number of nitrogens with zero attached hydrogens (tertiary/aromatic N) is 1. The predicted octanol–water partition coefficient (Wildman–Crippen LogP) is 1.74. The quantitative estimate of drug-likeness (QED) is 0.716. The van der Waals surface area contributed by atoms with Crippen LogP contribution in [-0.2, 0) is 18.3 Å². The summed E-state index contributed by atoms with van der Waals surface area (Å²) in [4.78, 5) is 24.2. The number of fused-ring (bicyclic) bond motifs is 1. The average Bonchev–Trinajstić information content (AvgIpc) is 2.94. The summed E-state index contributed by atoms with van der Waals surface area (Å²) in [5, 5.41) is 15.1. The summed E-state index contributed by atoms with van der Waals surface area (Å²) in [7, 11) is 4.67. The summed E-state index contributed by atoms with van der Waals surface area (Å²) < 4.78 is 11.9. The summed E-state index contributed by atoms with van der Waals surface area (Å²) in [6, 6.07) is 12.2. The predicted molar refractivity (Wildman–Crippen MR) is 99.1 cm³/mol. The fourth-order valence-corrected chi connectivity index (χ4v) is 3.19. The molecule has 0 bridgehead atoms. The second kappa shape index (κ2) is 7.41. The van der Waals surface area contributed by atoms with Gasteiger partial charge in [-0.3, -0.25) is 4.79 Å². The van der Waals surface area contributed by atoms with Gasteiger partial charge in [0, 0.05) is 29.7 Å². The Hall–Kier alpha value is -3.48. The molecular weight excluding hydrogens is 348 g/mol. The summed E-state index contributed by atoms with van der Waals surface area (Å²) in [6.07, 6.45) is -0.0982. The van der Waals surface area contributed by atoms with Crippen LogP contribution in [0.2, 0.25) is 0 Å². The Labute approximate surface area is 156 Å². The maximum Gasteiger partial charge on any atom is 0.228 e. The third-order valence-electron chi connectivity index (χ3n) is 4.41. The van der Waals surface area contributed by atoms with Crippen LogP contribution >= 0.6 is 0 Å². The van der Waals surface area contributed by atoms with Crippen molar-refractivity contribution in [3.05, 3.63) is 53.7 Å². The largest absolute Gasteiger partial charge is 0.543 e. The molecule has 0 atom stereocenters. The van der Waals surface area contributed by atoms with Crippen LogP contribution in [0, 0.1) is 0 Å². The molecule has 0 saturated heterocycles. The standard InChI is InChI=1S/C20H20N2O5/c1-22-15-7-5-4-6-13(15)14(19(22)20(24)25)11-18(23)21-12-8-9-16(26-2)17(10-12)27-3/h4-10H,11H2,1-3H3,(H,21,23)(H,24,25)/p-1. The van der Waals surface area contributed by atoms with E-state index < -0.39 is 5.97 Å². The van der Waals surface area contributed by atoms with Gasteiger partial charge in [-0.1, -0.05) is 18.2 Å². The number of rotatable bonds is 6. The van der Waals surface area contributed by atoms with E-state index in [9.17, 15) is 14.7 Å². The maximum atomic E-state index is 12.6. The Kier molecular flexibility index (Phi) is 5.03. The van der Waals surface area contributed by atoms with Crippen molar-refractivity contribution < 1.29 is 24.2 Å². The zero-order valence-corrected chi connectivity index (χ0v) is 15.2. The molecule has 3 aromatic rings. The highest BCUT2D eigenvalue weighted by molar-refractivity contribution is 6.02. The van der Waals surface area contributed by atoms with E-state index in [0.717, 1.165) is 5.52 Å². The number of hydrogen-bond donors (Lipinski definition) is 1. The molecule has 0 aliphatic carbocycles. The molecule has 0 unspecified atom stereocenters. The van der Waals surface area contributed by atoms with Crippen LogP contribution in [0.5, 0.6) is 11.5 Å². The first-order valence-corrected chi connectivity index (χ1v) is 8.25. The van der Waals surface area contributed by atoms with Gasteiger partial charge in [0.15, 0.2) is 11.5 Å². The lowest BCUT2D eigenvalue weighted by molar-refractivity contribution is -0.255. The SMILES string of the molecule is COc1ccc(NC(=O)Cc2c(C(=O)[O-])n(C)c3ccccc23)cc1OC. The number of carboxylic acid groups (broad SMARTS) is 1. The van der Waals surface area contributed by atoms with Crippen molar-refractivity contribution in [2.24, 2.45) is 7.05 Å². The normalized spacial score (nSPS) is 10.6. The zero-order chi connectivity index (χ0) is 19.6. The highest BCUT2D eigenvalue weighted by atomic mass is 16.5. The molecule has 1 N–H and O–H groups in total. The number of benzene rings is 2. The van der Waals surface area contributed by atoms with Crippen LogP contribution in [-0.4, -0.2) is 30.7 Å². The minimum atomic E-state index is -1.32. The smallest absolute Gasteiger partial charge is 0.228 e. The van der Waals surface area contributed by atoms with Gasteiger partial charge >= 0.3 is 0 Å². The van der Waals surface area contributed by atoms with Crippen molar-refractivity contribution in [1.82, 2.24) is 4.57 Å². The zero-order valence-electron chi connectivity index (χ0n) is 15.2. The van der Waals surface area contributed by atoms with Crippen LogP contribution in [0.25, 0.3) is 10.9 Å². The number of aromatic carboxylic acids is 1. The van der Waals surface area contributed by atoms with E-state index >= 15 is 0 Å². The van der Waals surface area contributed by atoms with Crippen LogP contribution in [0.4, 0.5) is 5.69 Å². The minimum Gasteiger partial charge on any atom is -0.543 e. The number of anilines is 1. The molecule has 7 nitrogen and oxygen atoms in total. The Morgan fingerprint density at radius 3 is 2.44 bits per heavy atom. The van der Waals surface area contributed by atoms with E-state index in [4.69, 9.17) is 9.47 Å². The van der Waals surface area contributed by atoms with Crippen LogP contribution in [0.1, 0.15) is 16.1 Å². The monoisotopic (exact) mass is 367 g/mol. The average molecular weight is 367 g/mol. The molecule has 0 aliphatic heterocycles. The first-order valence-electron chi connectivity index (χ1n) is 8.25. The molecular formula is C20H19N2O5-. The molecule has 140 valence electrons. The van der Waals surface area contributed by atoms with E-state index in [2.05, 4.69) is 5.32 Å². The number of amides is 1. The van der Waals surface area contributed by atoms with Crippen molar-refractivity contribution in [1.29, 1.82) is 0 Å². The minimum absolute atomic E-state index is 0.00124. The molecule has 3 rings (SSSR count). The Morgan fingerprint density at radius 2 is 1.78 bits per heavy atom. The van der Waals surface area contributed by atoms with Crippen molar-refractivity contribution >= 4 is 28.5 Å². The number of carbonyl (C=O) groups excluding carboxylic acids is 2. The molecule has 1 heterocycles. The van der Waals surface area contributed by atoms with E-state index in [1.807, 2.05) is 6.07 Å². The van der Waals surface area contributed by atoms with Crippen LogP contribution in [0.15, 0.2) is 42.5 Å². The van der Waals surface area contributed by atoms with Gasteiger partial charge in [-0.05, 0) is 23.8 Å². The number of para-hydroxylation sites is 1. The van der Waals surface area contributed by atoms with E-state index in [-0.39, 0.29) is 18.0 Å². The molecule has 27 heavy (non-hydrogen) atoms. The third kappa shape index (κ3) is 3.44. The molecule has 0 spiro atoms. The van der Waals surface area contributed by atoms with Crippen molar-refractivity contribution in [2.45, 2.75) is 6.42 Å². The number of carbonyl (C=O) groups is 2. The van der Waals surface area contributed by atoms with Crippen molar-refractivity contribution in [2.75, 3.05) is 19.5 Å². The number of carboxylic acids is 1. The van der Waals surface area contributed by atoms with Crippen LogP contribution < -0.4 is 19.9 Å². The molecule has 0 radical (unpaired) electrons. The number of hydrogen-bond acceptors (Lipinski definition) is 5. The molecule has 0 fully saturated rings. The Morgan fingerprint density at radius 1 is 1.07 bits per heavy atom. The number of nitrogens with one attached hydrogen (secondary N) is 1. The number of methoxy groups -OCH3 is 2. The Bertz CT molecular complexity index is 1020. The topological polar surface area (TPSA) is 92.6 Å². The molecule has 1 amide bonds. The van der Waals surface area contributed by atoms with E-state index in [1.54, 1.807) is 43.4 Å². The summed E-state index contributed by atoms with van der Waals surface area (Å²) >= 11 is 0. The van der Waals surface area contributed by atoms with Crippen LogP contribution in [0.3, 0.4) is 0 Å². The number of aromatic nitrogens is 1. The summed E-state index contributed by atoms with van der Waals surface area (Å²) in [5.41, 5.74) is 1.67. The Balaban J connectivity index is 1.91. The second-order valence-corrected chi connectivity index (χ2v) is 5.99. The lowest BCUT2D eigenvalue weighted by Gasteiger charge is -2.11. The van der Waals surface area contributed by atoms with Gasteiger partial charge in [0.05, 0.1) is 32.3 Å². The summed E-state index contributed by atoms with van der Waals surface area (Å²) in [6.45, 7) is 0. The molecule has 2 aromatic carbocycles. The van der Waals surface area contributed by atoms with Crippen molar-refractivity contribution in [3.63, 3.8) is 0 Å². The maximum absolute atomic E-state index is 12.6. The third-order valence-corrected chi connectivity index (χ3v) is 4.41.